The van der Waals surface area contributed by atoms with Gasteiger partial charge in [-0.05, 0) is 49.7 Å². The molecule has 0 radical (unpaired) electrons. The molecule has 1 aliphatic rings. The van der Waals surface area contributed by atoms with E-state index in [1.54, 1.807) is 0 Å². The maximum Gasteiger partial charge on any atom is 0.166 e. The fourth-order valence-electron chi connectivity index (χ4n) is 1.94. The number of rotatable bonds is 3. The van der Waals surface area contributed by atoms with E-state index in [0.29, 0.717) is 12.0 Å². The third-order valence-corrected chi connectivity index (χ3v) is 3.28. The molecule has 0 aromatic rings. The van der Waals surface area contributed by atoms with Crippen LogP contribution in [0.4, 0.5) is 0 Å². The number of nitrogens with one attached hydrogen (secondary N) is 2. The van der Waals surface area contributed by atoms with E-state index in [1.807, 2.05) is 0 Å². The van der Waals surface area contributed by atoms with Crippen molar-refractivity contribution in [3.05, 3.63) is 0 Å². The second kappa shape index (κ2) is 6.31. The van der Waals surface area contributed by atoms with Gasteiger partial charge in [-0.3, -0.25) is 0 Å². The summed E-state index contributed by atoms with van der Waals surface area (Å²) >= 11 is 5.26. The lowest BCUT2D eigenvalue weighted by molar-refractivity contribution is 0.330. The minimum Gasteiger partial charge on any atom is -0.362 e. The van der Waals surface area contributed by atoms with Crippen LogP contribution in [0.1, 0.15) is 46.5 Å². The lowest BCUT2D eigenvalue weighted by Gasteiger charge is -2.28. The highest BCUT2D eigenvalue weighted by molar-refractivity contribution is 7.80. The Labute approximate surface area is 99.2 Å². The molecule has 0 aromatic heterocycles. The first-order chi connectivity index (χ1) is 7.08. The van der Waals surface area contributed by atoms with E-state index in [1.165, 1.54) is 25.7 Å². The van der Waals surface area contributed by atoms with Gasteiger partial charge in [0.1, 0.15) is 0 Å². The molecular formula is C12H24N2S. The van der Waals surface area contributed by atoms with Gasteiger partial charge < -0.3 is 10.6 Å². The Hall–Kier alpha value is -0.310. The first-order valence-electron chi connectivity index (χ1n) is 6.12. The molecule has 0 heterocycles. The summed E-state index contributed by atoms with van der Waals surface area (Å²) in [6.45, 7) is 7.69. The smallest absolute Gasteiger partial charge is 0.166 e. The van der Waals surface area contributed by atoms with E-state index in [0.717, 1.165) is 17.6 Å². The zero-order valence-corrected chi connectivity index (χ0v) is 11.0. The molecule has 0 bridgehead atoms. The highest BCUT2D eigenvalue weighted by Gasteiger charge is 2.18. The first kappa shape index (κ1) is 12.8. The van der Waals surface area contributed by atoms with E-state index in [2.05, 4.69) is 31.4 Å². The van der Waals surface area contributed by atoms with Crippen molar-refractivity contribution in [2.45, 2.75) is 52.5 Å². The van der Waals surface area contributed by atoms with Gasteiger partial charge in [0, 0.05) is 12.6 Å². The highest BCUT2D eigenvalue weighted by Crippen LogP contribution is 2.23. The molecule has 0 aromatic carbocycles. The van der Waals surface area contributed by atoms with Gasteiger partial charge in [0.2, 0.25) is 0 Å². The van der Waals surface area contributed by atoms with E-state index < -0.39 is 0 Å². The Morgan fingerprint density at radius 3 is 2.40 bits per heavy atom. The Kier molecular flexibility index (Phi) is 5.37. The zero-order valence-electron chi connectivity index (χ0n) is 10.2. The molecule has 2 N–H and O–H groups in total. The molecule has 0 spiro atoms. The van der Waals surface area contributed by atoms with E-state index in [-0.39, 0.29) is 0 Å². The molecule has 0 atom stereocenters. The molecule has 0 unspecified atom stereocenters. The third kappa shape index (κ3) is 5.36. The number of hydrogen-bond donors (Lipinski definition) is 2. The molecule has 1 saturated carbocycles. The van der Waals surface area contributed by atoms with E-state index in [9.17, 15) is 0 Å². The lowest BCUT2D eigenvalue weighted by Crippen LogP contribution is -2.44. The first-order valence-corrected chi connectivity index (χ1v) is 6.53. The third-order valence-electron chi connectivity index (χ3n) is 3.02. The van der Waals surface area contributed by atoms with Crippen LogP contribution in [0.3, 0.4) is 0 Å². The molecule has 3 heteroatoms. The Balaban J connectivity index is 2.15. The van der Waals surface area contributed by atoms with Crippen LogP contribution in [0.25, 0.3) is 0 Å². The summed E-state index contributed by atoms with van der Waals surface area (Å²) in [5.74, 6) is 1.55. The van der Waals surface area contributed by atoms with Gasteiger partial charge in [0.05, 0.1) is 0 Å². The summed E-state index contributed by atoms with van der Waals surface area (Å²) in [7, 11) is 0. The molecule has 0 aliphatic heterocycles. The van der Waals surface area contributed by atoms with Gasteiger partial charge in [-0.1, -0.05) is 20.8 Å². The van der Waals surface area contributed by atoms with Gasteiger partial charge >= 0.3 is 0 Å². The van der Waals surface area contributed by atoms with Crippen molar-refractivity contribution >= 4 is 17.3 Å². The van der Waals surface area contributed by atoms with Crippen molar-refractivity contribution in [1.29, 1.82) is 0 Å². The predicted molar refractivity (Wildman–Crippen MR) is 70.0 cm³/mol. The summed E-state index contributed by atoms with van der Waals surface area (Å²) in [6, 6.07) is 0.605. The summed E-state index contributed by atoms with van der Waals surface area (Å²) in [5, 5.41) is 7.51. The van der Waals surface area contributed by atoms with Crippen LogP contribution < -0.4 is 10.6 Å². The second-order valence-corrected chi connectivity index (χ2v) is 5.61. The van der Waals surface area contributed by atoms with Crippen molar-refractivity contribution in [2.24, 2.45) is 11.8 Å². The SMILES string of the molecule is CC(C)CNC(=S)NC1CCC(C)CC1. The molecule has 1 aliphatic carbocycles. The van der Waals surface area contributed by atoms with Crippen molar-refractivity contribution in [3.63, 3.8) is 0 Å². The molecule has 15 heavy (non-hydrogen) atoms. The summed E-state index contributed by atoms with van der Waals surface area (Å²) in [5.41, 5.74) is 0. The van der Waals surface area contributed by atoms with Gasteiger partial charge in [-0.25, -0.2) is 0 Å². The average Bonchev–Trinajstić information content (AvgIpc) is 2.19. The Morgan fingerprint density at radius 1 is 1.27 bits per heavy atom. The van der Waals surface area contributed by atoms with Crippen LogP contribution in [-0.2, 0) is 0 Å². The van der Waals surface area contributed by atoms with Crippen LogP contribution in [0.15, 0.2) is 0 Å². The molecule has 0 amide bonds. The van der Waals surface area contributed by atoms with Crippen molar-refractivity contribution < 1.29 is 0 Å². The topological polar surface area (TPSA) is 24.1 Å². The van der Waals surface area contributed by atoms with Crippen molar-refractivity contribution in [2.75, 3.05) is 6.54 Å². The number of hydrogen-bond acceptors (Lipinski definition) is 1. The maximum absolute atomic E-state index is 5.26. The average molecular weight is 228 g/mol. The largest absolute Gasteiger partial charge is 0.362 e. The van der Waals surface area contributed by atoms with Crippen LogP contribution in [0.2, 0.25) is 0 Å². The summed E-state index contributed by atoms with van der Waals surface area (Å²) < 4.78 is 0. The van der Waals surface area contributed by atoms with Crippen LogP contribution in [-0.4, -0.2) is 17.7 Å². The monoisotopic (exact) mass is 228 g/mol. The molecule has 88 valence electrons. The lowest BCUT2D eigenvalue weighted by atomic mass is 9.87. The van der Waals surface area contributed by atoms with Gasteiger partial charge in [-0.15, -0.1) is 0 Å². The zero-order chi connectivity index (χ0) is 11.3. The molecule has 1 fully saturated rings. The highest BCUT2D eigenvalue weighted by atomic mass is 32.1. The standard InChI is InChI=1S/C12H24N2S/c1-9(2)8-13-12(15)14-11-6-4-10(3)5-7-11/h9-11H,4-8H2,1-3H3,(H2,13,14,15). The predicted octanol–water partition coefficient (Wildman–Crippen LogP) is 2.69. The second-order valence-electron chi connectivity index (χ2n) is 5.21. The molecule has 0 saturated heterocycles. The molecular weight excluding hydrogens is 204 g/mol. The fraction of sp³-hybridized carbons (Fsp3) is 0.917. The van der Waals surface area contributed by atoms with Crippen molar-refractivity contribution in [1.82, 2.24) is 10.6 Å². The van der Waals surface area contributed by atoms with Gasteiger partial charge in [-0.2, -0.15) is 0 Å². The summed E-state index contributed by atoms with van der Waals surface area (Å²) in [4.78, 5) is 0. The maximum atomic E-state index is 5.26. The fourth-order valence-corrected chi connectivity index (χ4v) is 2.19. The molecule has 2 nitrogen and oxygen atoms in total. The van der Waals surface area contributed by atoms with Crippen LogP contribution in [0, 0.1) is 11.8 Å². The van der Waals surface area contributed by atoms with Crippen molar-refractivity contribution in [3.8, 4) is 0 Å². The van der Waals surface area contributed by atoms with E-state index in [4.69, 9.17) is 12.2 Å². The normalized spacial score (nSPS) is 26.4. The minimum atomic E-state index is 0.605. The Morgan fingerprint density at radius 2 is 1.87 bits per heavy atom. The van der Waals surface area contributed by atoms with E-state index >= 15 is 0 Å². The quantitative estimate of drug-likeness (QED) is 0.726. The summed E-state index contributed by atoms with van der Waals surface area (Å²) in [6.07, 6.45) is 5.21. The minimum absolute atomic E-state index is 0.605. The van der Waals surface area contributed by atoms with Crippen LogP contribution >= 0.6 is 12.2 Å². The Bertz CT molecular complexity index is 196. The van der Waals surface area contributed by atoms with Crippen LogP contribution in [0.5, 0.6) is 0 Å². The van der Waals surface area contributed by atoms with Gasteiger partial charge in [0.25, 0.3) is 0 Å². The molecule has 1 rings (SSSR count). The van der Waals surface area contributed by atoms with Gasteiger partial charge in [0.15, 0.2) is 5.11 Å². The number of thiocarbonyl (C=S) groups is 1.